The van der Waals surface area contributed by atoms with Gasteiger partial charge < -0.3 is 10.1 Å². The average molecular weight is 413 g/mol. The number of carbonyl (C=O) groups excluding carboxylic acids is 1. The van der Waals surface area contributed by atoms with Crippen LogP contribution in [0.4, 0.5) is 4.39 Å². The topological polar surface area (TPSA) is 86.8 Å². The monoisotopic (exact) mass is 413 g/mol. The Kier molecular flexibility index (Phi) is 7.37. The van der Waals surface area contributed by atoms with Crippen LogP contribution in [0.3, 0.4) is 0 Å². The SMILES string of the molecule is COc1cccc(C(=O)NC(=NCC(C)C)NC2CC(c3ccc(F)cc3)NN2)c1. The van der Waals surface area contributed by atoms with E-state index in [1.807, 2.05) is 0 Å². The lowest BCUT2D eigenvalue weighted by Gasteiger charge is -2.17. The van der Waals surface area contributed by atoms with Crippen LogP contribution in [0.2, 0.25) is 0 Å². The Bertz CT molecular complexity index is 885. The van der Waals surface area contributed by atoms with Gasteiger partial charge in [0.25, 0.3) is 5.91 Å². The molecule has 1 aliphatic heterocycles. The second kappa shape index (κ2) is 10.2. The summed E-state index contributed by atoms with van der Waals surface area (Å²) in [6.07, 6.45) is 0.540. The zero-order valence-electron chi connectivity index (χ0n) is 17.4. The molecule has 0 aromatic heterocycles. The van der Waals surface area contributed by atoms with Crippen LogP contribution in [0.1, 0.15) is 42.2 Å². The summed E-state index contributed by atoms with van der Waals surface area (Å²) in [6, 6.07) is 13.4. The predicted molar refractivity (Wildman–Crippen MR) is 115 cm³/mol. The molecular weight excluding hydrogens is 385 g/mol. The van der Waals surface area contributed by atoms with E-state index in [1.54, 1.807) is 43.5 Å². The van der Waals surface area contributed by atoms with Crippen LogP contribution in [0.5, 0.6) is 5.75 Å². The first-order valence-electron chi connectivity index (χ1n) is 9.97. The van der Waals surface area contributed by atoms with E-state index in [2.05, 4.69) is 40.3 Å². The summed E-state index contributed by atoms with van der Waals surface area (Å²) in [5.74, 6) is 0.820. The van der Waals surface area contributed by atoms with Gasteiger partial charge in [0.1, 0.15) is 11.6 Å². The highest BCUT2D eigenvalue weighted by atomic mass is 19.1. The molecule has 7 nitrogen and oxygen atoms in total. The van der Waals surface area contributed by atoms with Crippen LogP contribution >= 0.6 is 0 Å². The summed E-state index contributed by atoms with van der Waals surface area (Å²) in [5, 5.41) is 6.11. The summed E-state index contributed by atoms with van der Waals surface area (Å²) in [6.45, 7) is 4.69. The highest BCUT2D eigenvalue weighted by molar-refractivity contribution is 6.05. The third-order valence-electron chi connectivity index (χ3n) is 4.66. The number of halogens is 1. The van der Waals surface area contributed by atoms with E-state index in [-0.39, 0.29) is 23.9 Å². The van der Waals surface area contributed by atoms with Gasteiger partial charge in [-0.3, -0.25) is 15.1 Å². The number of benzene rings is 2. The summed E-state index contributed by atoms with van der Waals surface area (Å²) in [7, 11) is 1.56. The molecule has 0 spiro atoms. The molecule has 160 valence electrons. The molecular formula is C22H28FN5O2. The second-order valence-electron chi connectivity index (χ2n) is 7.59. The first-order chi connectivity index (χ1) is 14.4. The Balaban J connectivity index is 1.66. The Morgan fingerprint density at radius 3 is 2.70 bits per heavy atom. The smallest absolute Gasteiger partial charge is 0.258 e. The normalized spacial score (nSPS) is 19.0. The van der Waals surface area contributed by atoms with Crippen molar-refractivity contribution in [1.82, 2.24) is 21.5 Å². The minimum absolute atomic E-state index is 0.0172. The molecule has 2 unspecified atom stereocenters. The summed E-state index contributed by atoms with van der Waals surface area (Å²) < 4.78 is 18.4. The van der Waals surface area contributed by atoms with Crippen LogP contribution in [0.15, 0.2) is 53.5 Å². The van der Waals surface area contributed by atoms with Crippen LogP contribution in [-0.4, -0.2) is 31.7 Å². The van der Waals surface area contributed by atoms with Gasteiger partial charge in [-0.25, -0.2) is 15.2 Å². The lowest BCUT2D eigenvalue weighted by molar-refractivity contribution is 0.0975. The maximum atomic E-state index is 13.2. The molecule has 1 heterocycles. The van der Waals surface area contributed by atoms with E-state index in [4.69, 9.17) is 4.74 Å². The van der Waals surface area contributed by atoms with Crippen molar-refractivity contribution in [3.05, 3.63) is 65.5 Å². The first kappa shape index (κ1) is 21.7. The van der Waals surface area contributed by atoms with Crippen molar-refractivity contribution in [1.29, 1.82) is 0 Å². The summed E-state index contributed by atoms with van der Waals surface area (Å²) in [4.78, 5) is 17.2. The molecule has 2 aromatic carbocycles. The fourth-order valence-corrected chi connectivity index (χ4v) is 3.07. The van der Waals surface area contributed by atoms with E-state index in [9.17, 15) is 9.18 Å². The maximum absolute atomic E-state index is 13.2. The maximum Gasteiger partial charge on any atom is 0.258 e. The van der Waals surface area contributed by atoms with Crippen molar-refractivity contribution in [2.45, 2.75) is 32.5 Å². The van der Waals surface area contributed by atoms with Crippen molar-refractivity contribution in [3.8, 4) is 5.75 Å². The van der Waals surface area contributed by atoms with Gasteiger partial charge in [0.2, 0.25) is 0 Å². The molecule has 0 bridgehead atoms. The Labute approximate surface area is 176 Å². The number of carbonyl (C=O) groups is 1. The van der Waals surface area contributed by atoms with E-state index < -0.39 is 0 Å². The van der Waals surface area contributed by atoms with Crippen LogP contribution in [0.25, 0.3) is 0 Å². The van der Waals surface area contributed by atoms with Crippen LogP contribution < -0.4 is 26.2 Å². The Morgan fingerprint density at radius 1 is 1.23 bits per heavy atom. The van der Waals surface area contributed by atoms with Gasteiger partial charge in [-0.2, -0.15) is 0 Å². The van der Waals surface area contributed by atoms with Crippen LogP contribution in [0, 0.1) is 11.7 Å². The van der Waals surface area contributed by atoms with Gasteiger partial charge in [-0.15, -0.1) is 0 Å². The van der Waals surface area contributed by atoms with Gasteiger partial charge in [-0.05, 0) is 41.8 Å². The molecule has 8 heteroatoms. The summed E-state index contributed by atoms with van der Waals surface area (Å²) in [5.41, 5.74) is 7.82. The largest absolute Gasteiger partial charge is 0.497 e. The number of hydrazine groups is 1. The number of rotatable bonds is 6. The van der Waals surface area contributed by atoms with E-state index >= 15 is 0 Å². The van der Waals surface area contributed by atoms with Gasteiger partial charge in [0.05, 0.1) is 13.3 Å². The molecule has 2 aromatic rings. The van der Waals surface area contributed by atoms with Gasteiger partial charge in [-0.1, -0.05) is 32.0 Å². The van der Waals surface area contributed by atoms with Crippen molar-refractivity contribution in [3.63, 3.8) is 0 Å². The molecule has 4 N–H and O–H groups in total. The fourth-order valence-electron chi connectivity index (χ4n) is 3.07. The Morgan fingerprint density at radius 2 is 2.00 bits per heavy atom. The third-order valence-corrected chi connectivity index (χ3v) is 4.66. The van der Waals surface area contributed by atoms with Crippen LogP contribution in [-0.2, 0) is 0 Å². The Hall–Kier alpha value is -2.97. The molecule has 30 heavy (non-hydrogen) atoms. The highest BCUT2D eigenvalue weighted by Crippen LogP contribution is 2.21. The zero-order valence-corrected chi connectivity index (χ0v) is 17.4. The number of nitrogens with zero attached hydrogens (tertiary/aromatic N) is 1. The van der Waals surface area contributed by atoms with E-state index in [1.165, 1.54) is 12.1 Å². The van der Waals surface area contributed by atoms with Gasteiger partial charge >= 0.3 is 0 Å². The zero-order chi connectivity index (χ0) is 21.5. The number of methoxy groups -OCH3 is 1. The highest BCUT2D eigenvalue weighted by Gasteiger charge is 2.26. The number of nitrogens with one attached hydrogen (secondary N) is 4. The van der Waals surface area contributed by atoms with Crippen molar-refractivity contribution in [2.75, 3.05) is 13.7 Å². The van der Waals surface area contributed by atoms with Crippen molar-refractivity contribution in [2.24, 2.45) is 10.9 Å². The van der Waals surface area contributed by atoms with E-state index in [0.29, 0.717) is 36.2 Å². The molecule has 0 radical (unpaired) electrons. The minimum atomic E-state index is -0.273. The number of aliphatic imine (C=N–C) groups is 1. The van der Waals surface area contributed by atoms with Crippen molar-refractivity contribution < 1.29 is 13.9 Å². The molecule has 1 amide bonds. The van der Waals surface area contributed by atoms with Gasteiger partial charge in [0, 0.05) is 24.6 Å². The lowest BCUT2D eigenvalue weighted by Crippen LogP contribution is -2.50. The standard InChI is InChI=1S/C22H28FN5O2/c1-14(2)13-24-22(26-21(29)16-5-4-6-18(11-16)30-3)25-20-12-19(27-28-20)15-7-9-17(23)10-8-15/h4-11,14,19-20,27-28H,12-13H2,1-3H3,(H2,24,25,26,29). The quantitative estimate of drug-likeness (QED) is 0.432. The van der Waals surface area contributed by atoms with Crippen molar-refractivity contribution >= 4 is 11.9 Å². The predicted octanol–water partition coefficient (Wildman–Crippen LogP) is 2.73. The molecule has 1 saturated heterocycles. The first-order valence-corrected chi connectivity index (χ1v) is 9.97. The second-order valence-corrected chi connectivity index (χ2v) is 7.59. The fraction of sp³-hybridized carbons (Fsp3) is 0.364. The minimum Gasteiger partial charge on any atom is -0.497 e. The average Bonchev–Trinajstić information content (AvgIpc) is 3.21. The summed E-state index contributed by atoms with van der Waals surface area (Å²) >= 11 is 0. The number of guanidine groups is 1. The lowest BCUT2D eigenvalue weighted by atomic mass is 10.0. The molecule has 3 rings (SSSR count). The third kappa shape index (κ3) is 6.01. The number of ether oxygens (including phenoxy) is 1. The van der Waals surface area contributed by atoms with Gasteiger partial charge in [0.15, 0.2) is 5.96 Å². The number of amides is 1. The molecule has 0 aliphatic carbocycles. The molecule has 1 aliphatic rings. The molecule has 1 fully saturated rings. The molecule has 2 atom stereocenters. The number of hydrogen-bond acceptors (Lipinski definition) is 5. The van der Waals surface area contributed by atoms with E-state index in [0.717, 1.165) is 5.56 Å². The molecule has 0 saturated carbocycles. The number of hydrogen-bond donors (Lipinski definition) is 4.